The first kappa shape index (κ1) is 15.9. The maximum atomic E-state index is 13.7. The second-order valence-electron chi connectivity index (χ2n) is 7.44. The summed E-state index contributed by atoms with van der Waals surface area (Å²) in [6.07, 6.45) is 0. The van der Waals surface area contributed by atoms with E-state index in [1.807, 2.05) is 36.4 Å². The Hall–Kier alpha value is -1.93. The van der Waals surface area contributed by atoms with Gasteiger partial charge < -0.3 is 4.48 Å². The summed E-state index contributed by atoms with van der Waals surface area (Å²) in [5, 5.41) is 0. The van der Waals surface area contributed by atoms with Crippen LogP contribution in [0.1, 0.15) is 25.0 Å². The van der Waals surface area contributed by atoms with Crippen molar-refractivity contribution in [3.63, 3.8) is 0 Å². The van der Waals surface area contributed by atoms with Crippen molar-refractivity contribution in [2.75, 3.05) is 20.6 Å². The van der Waals surface area contributed by atoms with Gasteiger partial charge in [0.25, 0.3) is 0 Å². The lowest BCUT2D eigenvalue weighted by Gasteiger charge is -2.51. The van der Waals surface area contributed by atoms with Crippen molar-refractivity contribution in [1.82, 2.24) is 0 Å². The SMILES string of the molecule is C[C@@H]1C[N+](C)(C)[C@H](C)C(=O)C1(c1ccccc1)c1ccccc1. The fourth-order valence-electron chi connectivity index (χ4n) is 4.31. The van der Waals surface area contributed by atoms with Crippen LogP contribution in [0.3, 0.4) is 0 Å². The number of likely N-dealkylation sites (N-methyl/N-ethyl adjacent to an activating group) is 1. The largest absolute Gasteiger partial charge is 0.320 e. The van der Waals surface area contributed by atoms with E-state index in [2.05, 4.69) is 52.2 Å². The zero-order valence-corrected chi connectivity index (χ0v) is 14.5. The number of Topliss-reactive ketones (excluding diaryl/α,β-unsaturated/α-hetero) is 1. The molecule has 2 atom stereocenters. The molecule has 1 fully saturated rings. The second-order valence-corrected chi connectivity index (χ2v) is 7.44. The van der Waals surface area contributed by atoms with Gasteiger partial charge in [0.1, 0.15) is 6.04 Å². The number of ketones is 1. The van der Waals surface area contributed by atoms with E-state index in [1.165, 1.54) is 0 Å². The second kappa shape index (κ2) is 5.61. The molecule has 1 aliphatic rings. The molecule has 120 valence electrons. The summed E-state index contributed by atoms with van der Waals surface area (Å²) in [6.45, 7) is 5.29. The molecule has 0 unspecified atom stereocenters. The molecule has 2 heteroatoms. The molecule has 1 aliphatic heterocycles. The molecule has 0 bridgehead atoms. The van der Waals surface area contributed by atoms with Gasteiger partial charge in [-0.25, -0.2) is 0 Å². The van der Waals surface area contributed by atoms with E-state index in [-0.39, 0.29) is 12.0 Å². The first-order valence-electron chi connectivity index (χ1n) is 8.38. The first-order chi connectivity index (χ1) is 10.9. The van der Waals surface area contributed by atoms with E-state index < -0.39 is 5.41 Å². The van der Waals surface area contributed by atoms with E-state index in [0.717, 1.165) is 22.2 Å². The molecule has 3 rings (SSSR count). The Labute approximate surface area is 139 Å². The average Bonchev–Trinajstić information content (AvgIpc) is 2.55. The van der Waals surface area contributed by atoms with Crippen LogP contribution in [0.25, 0.3) is 0 Å². The molecule has 23 heavy (non-hydrogen) atoms. The summed E-state index contributed by atoms with van der Waals surface area (Å²) in [7, 11) is 4.33. The van der Waals surface area contributed by atoms with Crippen molar-refractivity contribution in [1.29, 1.82) is 0 Å². The topological polar surface area (TPSA) is 17.1 Å². The fraction of sp³-hybridized carbons (Fsp3) is 0.381. The molecular formula is C21H26NO+. The highest BCUT2D eigenvalue weighted by Gasteiger charge is 2.57. The standard InChI is InChI=1S/C21H26NO/c1-16-15-22(3,4)17(2)20(23)21(16,18-11-7-5-8-12-18)19-13-9-6-10-14-19/h5-14,16-17H,15H2,1-4H3/q+1/t16-,17-/m1/s1. The highest BCUT2D eigenvalue weighted by atomic mass is 16.1. The predicted octanol–water partition coefficient (Wildman–Crippen LogP) is 3.66. The van der Waals surface area contributed by atoms with Gasteiger partial charge in [0.2, 0.25) is 5.78 Å². The molecule has 0 amide bonds. The molecule has 0 radical (unpaired) electrons. The van der Waals surface area contributed by atoms with Crippen LogP contribution in [-0.2, 0) is 10.2 Å². The Morgan fingerprint density at radius 2 is 1.30 bits per heavy atom. The van der Waals surface area contributed by atoms with Gasteiger partial charge in [-0.1, -0.05) is 67.6 Å². The predicted molar refractivity (Wildman–Crippen MR) is 94.3 cm³/mol. The zero-order valence-electron chi connectivity index (χ0n) is 14.5. The van der Waals surface area contributed by atoms with Gasteiger partial charge in [-0.3, -0.25) is 4.79 Å². The maximum absolute atomic E-state index is 13.7. The van der Waals surface area contributed by atoms with Crippen molar-refractivity contribution in [3.8, 4) is 0 Å². The third-order valence-corrected chi connectivity index (χ3v) is 5.76. The van der Waals surface area contributed by atoms with Crippen molar-refractivity contribution < 1.29 is 9.28 Å². The minimum Gasteiger partial charge on any atom is -0.320 e. The minimum absolute atomic E-state index is 0.0217. The molecule has 1 saturated heterocycles. The normalized spacial score (nSPS) is 26.0. The van der Waals surface area contributed by atoms with Gasteiger partial charge in [-0.15, -0.1) is 0 Å². The number of carbonyl (C=O) groups is 1. The Balaban J connectivity index is 2.27. The van der Waals surface area contributed by atoms with Gasteiger partial charge in [0.15, 0.2) is 0 Å². The third-order valence-electron chi connectivity index (χ3n) is 5.76. The van der Waals surface area contributed by atoms with Gasteiger partial charge >= 0.3 is 0 Å². The average molecular weight is 308 g/mol. The van der Waals surface area contributed by atoms with Crippen LogP contribution in [-0.4, -0.2) is 36.9 Å². The Morgan fingerprint density at radius 1 is 0.870 bits per heavy atom. The molecule has 0 aliphatic carbocycles. The summed E-state index contributed by atoms with van der Waals surface area (Å²) in [5.41, 5.74) is 1.70. The first-order valence-corrected chi connectivity index (χ1v) is 8.38. The Kier molecular flexibility index (Phi) is 3.89. The number of likely N-dealkylation sites (tertiary alicyclic amines) is 1. The van der Waals surface area contributed by atoms with Gasteiger partial charge in [-0.05, 0) is 18.1 Å². The minimum atomic E-state index is -0.546. The Bertz CT molecular complexity index is 651. The smallest absolute Gasteiger partial charge is 0.204 e. The number of carbonyl (C=O) groups excluding carboxylic acids is 1. The van der Waals surface area contributed by atoms with Gasteiger partial charge in [-0.2, -0.15) is 0 Å². The van der Waals surface area contributed by atoms with Crippen molar-refractivity contribution in [2.24, 2.45) is 5.92 Å². The molecule has 0 aromatic heterocycles. The van der Waals surface area contributed by atoms with Crippen LogP contribution < -0.4 is 0 Å². The molecule has 2 aromatic carbocycles. The number of nitrogens with zero attached hydrogens (tertiary/aromatic N) is 1. The molecule has 0 spiro atoms. The van der Waals surface area contributed by atoms with E-state index in [1.54, 1.807) is 0 Å². The summed E-state index contributed by atoms with van der Waals surface area (Å²) in [4.78, 5) is 13.7. The summed E-state index contributed by atoms with van der Waals surface area (Å²) in [5.74, 6) is 0.574. The maximum Gasteiger partial charge on any atom is 0.204 e. The van der Waals surface area contributed by atoms with E-state index in [9.17, 15) is 4.79 Å². The number of benzene rings is 2. The third kappa shape index (κ3) is 2.33. The van der Waals surface area contributed by atoms with E-state index >= 15 is 0 Å². The molecule has 1 heterocycles. The molecule has 0 saturated carbocycles. The van der Waals surface area contributed by atoms with Crippen LogP contribution in [0.5, 0.6) is 0 Å². The van der Waals surface area contributed by atoms with Crippen LogP contribution >= 0.6 is 0 Å². The highest BCUT2D eigenvalue weighted by Crippen LogP contribution is 2.46. The van der Waals surface area contributed by atoms with Crippen LogP contribution in [0.4, 0.5) is 0 Å². The highest BCUT2D eigenvalue weighted by molar-refractivity contribution is 5.97. The molecule has 0 N–H and O–H groups in total. The quantitative estimate of drug-likeness (QED) is 0.774. The van der Waals surface area contributed by atoms with Crippen LogP contribution in [0.2, 0.25) is 0 Å². The molecular weight excluding hydrogens is 282 g/mol. The zero-order chi connectivity index (χ0) is 16.7. The van der Waals surface area contributed by atoms with Crippen LogP contribution in [0, 0.1) is 5.92 Å². The van der Waals surface area contributed by atoms with Gasteiger partial charge in [0, 0.05) is 5.92 Å². The number of rotatable bonds is 2. The molecule has 2 aromatic rings. The number of piperidine rings is 1. The summed E-state index contributed by atoms with van der Waals surface area (Å²) >= 11 is 0. The summed E-state index contributed by atoms with van der Waals surface area (Å²) < 4.78 is 0.751. The van der Waals surface area contributed by atoms with Gasteiger partial charge in [0.05, 0.1) is 26.1 Å². The lowest BCUT2D eigenvalue weighted by molar-refractivity contribution is -0.910. The number of hydrogen-bond donors (Lipinski definition) is 0. The number of quaternary nitrogens is 1. The lowest BCUT2D eigenvalue weighted by atomic mass is 9.59. The molecule has 2 nitrogen and oxygen atoms in total. The fourth-order valence-corrected chi connectivity index (χ4v) is 4.31. The van der Waals surface area contributed by atoms with E-state index in [0.29, 0.717) is 5.78 Å². The monoisotopic (exact) mass is 308 g/mol. The van der Waals surface area contributed by atoms with Crippen molar-refractivity contribution in [3.05, 3.63) is 71.8 Å². The van der Waals surface area contributed by atoms with Crippen molar-refractivity contribution >= 4 is 5.78 Å². The summed E-state index contributed by atoms with van der Waals surface area (Å²) in [6, 6.07) is 20.6. The number of hydrogen-bond acceptors (Lipinski definition) is 1. The van der Waals surface area contributed by atoms with E-state index in [4.69, 9.17) is 0 Å². The van der Waals surface area contributed by atoms with Crippen molar-refractivity contribution in [2.45, 2.75) is 25.3 Å². The lowest BCUT2D eigenvalue weighted by Crippen LogP contribution is -2.66. The van der Waals surface area contributed by atoms with Crippen LogP contribution in [0.15, 0.2) is 60.7 Å². The Morgan fingerprint density at radius 3 is 1.74 bits per heavy atom.